The molecule has 2 aromatic carbocycles. The zero-order valence-corrected chi connectivity index (χ0v) is 22.3. The van der Waals surface area contributed by atoms with Crippen LogP contribution in [0.2, 0.25) is 10.0 Å². The molecule has 7 nitrogen and oxygen atoms in total. The van der Waals surface area contributed by atoms with E-state index in [1.54, 1.807) is 68.4 Å². The Morgan fingerprint density at radius 3 is 2.42 bits per heavy atom. The van der Waals surface area contributed by atoms with Gasteiger partial charge in [0, 0.05) is 28.7 Å². The van der Waals surface area contributed by atoms with Gasteiger partial charge in [-0.1, -0.05) is 47.0 Å². The van der Waals surface area contributed by atoms with Crippen molar-refractivity contribution < 1.29 is 17.6 Å². The summed E-state index contributed by atoms with van der Waals surface area (Å²) in [5.74, 6) is 0.0488. The molecule has 3 rings (SSSR count). The number of nitrogens with one attached hydrogen (secondary N) is 1. The van der Waals surface area contributed by atoms with Crippen LogP contribution in [0.4, 0.5) is 0 Å². The van der Waals surface area contributed by atoms with Gasteiger partial charge in [0.25, 0.3) is 5.91 Å². The van der Waals surface area contributed by atoms with E-state index < -0.39 is 15.9 Å². The fourth-order valence-corrected chi connectivity index (χ4v) is 5.14. The van der Waals surface area contributed by atoms with E-state index in [1.165, 1.54) is 10.4 Å². The van der Waals surface area contributed by atoms with Crippen molar-refractivity contribution in [2.75, 3.05) is 0 Å². The van der Waals surface area contributed by atoms with E-state index in [2.05, 4.69) is 5.32 Å². The van der Waals surface area contributed by atoms with Gasteiger partial charge >= 0.3 is 0 Å². The van der Waals surface area contributed by atoms with Crippen LogP contribution >= 0.6 is 23.2 Å². The molecule has 3 aromatic rings. The van der Waals surface area contributed by atoms with Crippen LogP contribution in [0.15, 0.2) is 69.5 Å². The minimum Gasteiger partial charge on any atom is -0.460 e. The zero-order valence-electron chi connectivity index (χ0n) is 20.0. The normalized spacial score (nSPS) is 12.1. The smallest absolute Gasteiger partial charge is 0.262 e. The lowest BCUT2D eigenvalue weighted by Gasteiger charge is -2.22. The molecule has 36 heavy (non-hydrogen) atoms. The van der Waals surface area contributed by atoms with Crippen LogP contribution in [-0.4, -0.2) is 24.7 Å². The molecule has 1 amide bonds. The fourth-order valence-electron chi connectivity index (χ4n) is 3.29. The molecule has 10 heteroatoms. The Kier molecular flexibility index (Phi) is 8.98. The van der Waals surface area contributed by atoms with Crippen LogP contribution in [0.1, 0.15) is 36.5 Å². The summed E-state index contributed by atoms with van der Waals surface area (Å²) in [5.41, 5.74) is 1.38. The molecule has 1 aromatic heterocycles. The van der Waals surface area contributed by atoms with Crippen molar-refractivity contribution in [1.29, 1.82) is 5.26 Å². The molecular formula is C26H25Cl2N3O4S. The van der Waals surface area contributed by atoms with E-state index >= 15 is 0 Å². The van der Waals surface area contributed by atoms with Crippen LogP contribution in [0.5, 0.6) is 0 Å². The number of rotatable bonds is 9. The molecule has 0 bridgehead atoms. The van der Waals surface area contributed by atoms with Crippen molar-refractivity contribution >= 4 is 45.2 Å². The Morgan fingerprint density at radius 2 is 1.81 bits per heavy atom. The minimum absolute atomic E-state index is 0.0294. The average molecular weight is 546 g/mol. The molecule has 0 radical (unpaired) electrons. The summed E-state index contributed by atoms with van der Waals surface area (Å²) in [6.07, 6.45) is 1.32. The molecule has 0 saturated heterocycles. The highest BCUT2D eigenvalue weighted by Crippen LogP contribution is 2.27. The van der Waals surface area contributed by atoms with Crippen LogP contribution in [0, 0.1) is 18.3 Å². The molecular weight excluding hydrogens is 521 g/mol. The number of aryl methyl sites for hydroxylation is 1. The van der Waals surface area contributed by atoms with E-state index in [0.717, 1.165) is 5.56 Å². The number of sulfonamides is 1. The lowest BCUT2D eigenvalue weighted by molar-refractivity contribution is -0.117. The minimum atomic E-state index is -3.94. The lowest BCUT2D eigenvalue weighted by atomic mass is 10.2. The maximum Gasteiger partial charge on any atom is 0.262 e. The number of benzene rings is 2. The van der Waals surface area contributed by atoms with Gasteiger partial charge in [0.2, 0.25) is 10.0 Å². The SMILES string of the molecule is Cc1ccc(S(=O)(=O)N(Cc2ccc(/C=C(/C#N)C(=O)NC(C)C)o2)Cc2ccc(Cl)cc2Cl)cc1. The van der Waals surface area contributed by atoms with Crippen molar-refractivity contribution in [3.8, 4) is 6.07 Å². The molecule has 1 heterocycles. The predicted octanol–water partition coefficient (Wildman–Crippen LogP) is 5.72. The number of hydrogen-bond donors (Lipinski definition) is 1. The van der Waals surface area contributed by atoms with Crippen molar-refractivity contribution in [2.24, 2.45) is 0 Å². The monoisotopic (exact) mass is 545 g/mol. The molecule has 0 fully saturated rings. The molecule has 0 spiro atoms. The number of amides is 1. The summed E-state index contributed by atoms with van der Waals surface area (Å²) >= 11 is 12.3. The first-order valence-corrected chi connectivity index (χ1v) is 13.2. The van der Waals surface area contributed by atoms with Gasteiger partial charge in [-0.15, -0.1) is 0 Å². The largest absolute Gasteiger partial charge is 0.460 e. The maximum atomic E-state index is 13.6. The van der Waals surface area contributed by atoms with Crippen molar-refractivity contribution in [3.05, 3.63) is 92.9 Å². The average Bonchev–Trinajstić information content (AvgIpc) is 3.25. The molecule has 0 aliphatic rings. The first-order chi connectivity index (χ1) is 17.0. The molecule has 0 aliphatic heterocycles. The van der Waals surface area contributed by atoms with Gasteiger partial charge in [-0.2, -0.15) is 9.57 Å². The quantitative estimate of drug-likeness (QED) is 0.273. The molecule has 0 unspecified atom stereocenters. The van der Waals surface area contributed by atoms with E-state index in [9.17, 15) is 18.5 Å². The van der Waals surface area contributed by atoms with E-state index in [4.69, 9.17) is 27.6 Å². The van der Waals surface area contributed by atoms with Crippen molar-refractivity contribution in [2.45, 2.75) is 44.8 Å². The van der Waals surface area contributed by atoms with Gasteiger partial charge in [-0.3, -0.25) is 4.79 Å². The Labute approximate surface area is 221 Å². The van der Waals surface area contributed by atoms with E-state index in [1.807, 2.05) is 13.0 Å². The van der Waals surface area contributed by atoms with E-state index in [0.29, 0.717) is 21.4 Å². The van der Waals surface area contributed by atoms with Crippen LogP contribution < -0.4 is 5.32 Å². The summed E-state index contributed by atoms with van der Waals surface area (Å²) < 4.78 is 34.1. The van der Waals surface area contributed by atoms with Gasteiger partial charge in [-0.25, -0.2) is 8.42 Å². The summed E-state index contributed by atoms with van der Waals surface area (Å²) in [4.78, 5) is 12.3. The van der Waals surface area contributed by atoms with Gasteiger partial charge < -0.3 is 9.73 Å². The zero-order chi connectivity index (χ0) is 26.5. The third-order valence-corrected chi connectivity index (χ3v) is 7.50. The number of furan rings is 1. The number of hydrogen-bond acceptors (Lipinski definition) is 5. The fraction of sp³-hybridized carbons (Fsp3) is 0.231. The predicted molar refractivity (Wildman–Crippen MR) is 140 cm³/mol. The van der Waals surface area contributed by atoms with E-state index in [-0.39, 0.29) is 35.4 Å². The Balaban J connectivity index is 1.94. The third kappa shape index (κ3) is 6.99. The van der Waals surface area contributed by atoms with Crippen LogP contribution in [-0.2, 0) is 27.9 Å². The molecule has 0 aliphatic carbocycles. The van der Waals surface area contributed by atoms with Gasteiger partial charge in [0.1, 0.15) is 23.2 Å². The third-order valence-electron chi connectivity index (χ3n) is 5.11. The topological polar surface area (TPSA) is 103 Å². The first-order valence-electron chi connectivity index (χ1n) is 11.0. The number of halogens is 2. The Hall–Kier alpha value is -3.09. The van der Waals surface area contributed by atoms with Gasteiger partial charge in [0.05, 0.1) is 11.4 Å². The summed E-state index contributed by atoms with van der Waals surface area (Å²) in [6.45, 7) is 5.31. The van der Waals surface area contributed by atoms with Gasteiger partial charge in [-0.05, 0) is 62.7 Å². The summed E-state index contributed by atoms with van der Waals surface area (Å²) in [6, 6.07) is 16.3. The molecule has 1 N–H and O–H groups in total. The highest BCUT2D eigenvalue weighted by molar-refractivity contribution is 7.89. The second-order valence-electron chi connectivity index (χ2n) is 8.42. The number of nitriles is 1. The van der Waals surface area contributed by atoms with Crippen molar-refractivity contribution in [1.82, 2.24) is 9.62 Å². The number of carbonyl (C=O) groups is 1. The Morgan fingerprint density at radius 1 is 1.11 bits per heavy atom. The second-order valence-corrected chi connectivity index (χ2v) is 11.2. The first kappa shape index (κ1) is 27.5. The maximum absolute atomic E-state index is 13.6. The number of carbonyl (C=O) groups excluding carboxylic acids is 1. The van der Waals surface area contributed by atoms with Gasteiger partial charge in [0.15, 0.2) is 0 Å². The highest BCUT2D eigenvalue weighted by atomic mass is 35.5. The van der Waals surface area contributed by atoms with Crippen LogP contribution in [0.25, 0.3) is 6.08 Å². The Bertz CT molecular complexity index is 1420. The lowest BCUT2D eigenvalue weighted by Crippen LogP contribution is -2.30. The molecule has 0 saturated carbocycles. The standard InChI is InChI=1S/C26H25Cl2N3O4S/c1-17(2)30-26(32)20(14-29)12-22-8-9-23(35-22)16-31(15-19-6-7-21(27)13-25(19)28)36(33,34)24-10-4-18(3)5-11-24/h4-13,17H,15-16H2,1-3H3,(H,30,32)/b20-12-. The summed E-state index contributed by atoms with van der Waals surface area (Å²) in [7, 11) is -3.94. The molecule has 188 valence electrons. The molecule has 0 atom stereocenters. The highest BCUT2D eigenvalue weighted by Gasteiger charge is 2.27. The second kappa shape index (κ2) is 11.8. The summed E-state index contributed by atoms with van der Waals surface area (Å²) in [5, 5.41) is 12.8. The number of nitrogens with zero attached hydrogens (tertiary/aromatic N) is 2. The van der Waals surface area contributed by atoms with Crippen molar-refractivity contribution in [3.63, 3.8) is 0 Å². The van der Waals surface area contributed by atoms with Crippen LogP contribution in [0.3, 0.4) is 0 Å².